The summed E-state index contributed by atoms with van der Waals surface area (Å²) in [6, 6.07) is 0. The normalized spacial score (nSPS) is 15.1. The molecule has 1 atom stereocenters. The van der Waals surface area contributed by atoms with Crippen molar-refractivity contribution in [2.24, 2.45) is 5.41 Å². The summed E-state index contributed by atoms with van der Waals surface area (Å²) < 4.78 is 4.98. The maximum Gasteiger partial charge on any atom is 0.0587 e. The monoisotopic (exact) mass is 217 g/mol. The molecule has 0 aromatic rings. The Morgan fingerprint density at radius 2 is 2.29 bits per heavy atom. The Hall–Kier alpha value is 0.01000. The van der Waals surface area contributed by atoms with Crippen molar-refractivity contribution in [2.75, 3.05) is 38.8 Å². The molecule has 0 aromatic heterocycles. The van der Waals surface area contributed by atoms with Crippen molar-refractivity contribution in [1.29, 1.82) is 0 Å². The fourth-order valence-electron chi connectivity index (χ4n) is 1.15. The number of ether oxygens (including phenoxy) is 1. The Labute approximate surface area is 92.5 Å². The molecule has 1 N–H and O–H groups in total. The van der Waals surface area contributed by atoms with Gasteiger partial charge in [0.05, 0.1) is 6.61 Å². The molecule has 0 heterocycles. The van der Waals surface area contributed by atoms with Gasteiger partial charge in [-0.05, 0) is 23.8 Å². The van der Waals surface area contributed by atoms with Crippen molar-refractivity contribution in [3.8, 4) is 0 Å². The second-order valence-electron chi connectivity index (χ2n) is 3.77. The van der Waals surface area contributed by atoms with Crippen molar-refractivity contribution in [2.45, 2.75) is 13.3 Å². The lowest BCUT2D eigenvalue weighted by atomic mass is 9.88. The summed E-state index contributed by atoms with van der Waals surface area (Å²) in [4.78, 5) is 0. The average Bonchev–Trinajstić information content (AvgIpc) is 2.22. The van der Waals surface area contributed by atoms with Gasteiger partial charge in [-0.25, -0.2) is 0 Å². The van der Waals surface area contributed by atoms with Crippen LogP contribution < -0.4 is 5.32 Å². The highest BCUT2D eigenvalue weighted by Crippen LogP contribution is 2.23. The molecular formula is C11H23NOS. The van der Waals surface area contributed by atoms with Crippen molar-refractivity contribution >= 4 is 11.8 Å². The molecule has 2 nitrogen and oxygen atoms in total. The minimum Gasteiger partial charge on any atom is -0.383 e. The molecule has 0 aliphatic carbocycles. The van der Waals surface area contributed by atoms with Gasteiger partial charge in [-0.15, -0.1) is 6.58 Å². The zero-order chi connectivity index (χ0) is 10.9. The molecule has 0 aromatic carbocycles. The van der Waals surface area contributed by atoms with Crippen molar-refractivity contribution in [1.82, 2.24) is 5.32 Å². The van der Waals surface area contributed by atoms with Gasteiger partial charge >= 0.3 is 0 Å². The van der Waals surface area contributed by atoms with Crippen molar-refractivity contribution in [3.63, 3.8) is 0 Å². The largest absolute Gasteiger partial charge is 0.383 e. The van der Waals surface area contributed by atoms with E-state index in [0.717, 1.165) is 19.7 Å². The van der Waals surface area contributed by atoms with Crippen LogP contribution in [0.5, 0.6) is 0 Å². The molecule has 0 saturated heterocycles. The van der Waals surface area contributed by atoms with Crippen molar-refractivity contribution in [3.05, 3.63) is 12.7 Å². The number of methoxy groups -OCH3 is 1. The minimum atomic E-state index is 0.219. The summed E-state index contributed by atoms with van der Waals surface area (Å²) >= 11 is 1.89. The number of rotatable bonds is 9. The molecule has 0 amide bonds. The first-order valence-corrected chi connectivity index (χ1v) is 6.40. The van der Waals surface area contributed by atoms with Crippen LogP contribution in [0.25, 0.3) is 0 Å². The molecule has 0 rings (SSSR count). The molecule has 0 fully saturated rings. The standard InChI is InChI=1S/C11H23NOS/c1-5-11(2,6-9-14-4)10-12-7-8-13-3/h5,12H,1,6-10H2,2-4H3. The maximum absolute atomic E-state index is 4.98. The first-order chi connectivity index (χ1) is 6.68. The quantitative estimate of drug-likeness (QED) is 0.472. The van der Waals surface area contributed by atoms with E-state index in [9.17, 15) is 0 Å². The third-order valence-corrected chi connectivity index (χ3v) is 2.99. The van der Waals surface area contributed by atoms with E-state index >= 15 is 0 Å². The molecule has 14 heavy (non-hydrogen) atoms. The van der Waals surface area contributed by atoms with E-state index < -0.39 is 0 Å². The second-order valence-corrected chi connectivity index (χ2v) is 4.76. The van der Waals surface area contributed by atoms with Gasteiger partial charge in [0.15, 0.2) is 0 Å². The van der Waals surface area contributed by atoms with Gasteiger partial charge in [0.25, 0.3) is 0 Å². The van der Waals surface area contributed by atoms with Crippen LogP contribution in [-0.4, -0.2) is 38.8 Å². The average molecular weight is 217 g/mol. The van der Waals surface area contributed by atoms with E-state index in [1.165, 1.54) is 12.2 Å². The van der Waals surface area contributed by atoms with Gasteiger partial charge in [-0.1, -0.05) is 13.0 Å². The molecule has 84 valence electrons. The summed E-state index contributed by atoms with van der Waals surface area (Å²) in [6.07, 6.45) is 5.38. The van der Waals surface area contributed by atoms with Gasteiger partial charge in [0.1, 0.15) is 0 Å². The zero-order valence-electron chi connectivity index (χ0n) is 9.64. The number of hydrogen-bond acceptors (Lipinski definition) is 3. The smallest absolute Gasteiger partial charge is 0.0587 e. The summed E-state index contributed by atoms with van der Waals surface area (Å²) in [6.45, 7) is 8.83. The van der Waals surface area contributed by atoms with Crippen LogP contribution in [0.15, 0.2) is 12.7 Å². The maximum atomic E-state index is 4.98. The Morgan fingerprint density at radius 1 is 1.57 bits per heavy atom. The molecule has 0 aliphatic heterocycles. The Balaban J connectivity index is 3.68. The second kappa shape index (κ2) is 8.33. The highest BCUT2D eigenvalue weighted by molar-refractivity contribution is 7.98. The predicted molar refractivity (Wildman–Crippen MR) is 66.0 cm³/mol. The van der Waals surface area contributed by atoms with Crippen LogP contribution in [0, 0.1) is 5.41 Å². The molecule has 0 bridgehead atoms. The first-order valence-electron chi connectivity index (χ1n) is 5.00. The fourth-order valence-corrected chi connectivity index (χ4v) is 1.82. The van der Waals surface area contributed by atoms with Crippen LogP contribution in [0.4, 0.5) is 0 Å². The van der Waals surface area contributed by atoms with E-state index in [-0.39, 0.29) is 5.41 Å². The molecular weight excluding hydrogens is 194 g/mol. The molecule has 0 radical (unpaired) electrons. The van der Waals surface area contributed by atoms with E-state index in [0.29, 0.717) is 0 Å². The van der Waals surface area contributed by atoms with Gasteiger partial charge in [-0.3, -0.25) is 0 Å². The highest BCUT2D eigenvalue weighted by Gasteiger charge is 2.18. The van der Waals surface area contributed by atoms with Gasteiger partial charge in [-0.2, -0.15) is 11.8 Å². The van der Waals surface area contributed by atoms with E-state index in [1.54, 1.807) is 7.11 Å². The van der Waals surface area contributed by atoms with E-state index in [1.807, 2.05) is 11.8 Å². The fraction of sp³-hybridized carbons (Fsp3) is 0.818. The molecule has 3 heteroatoms. The summed E-state index contributed by atoms with van der Waals surface area (Å²) in [5.74, 6) is 1.19. The molecule has 1 unspecified atom stereocenters. The highest BCUT2D eigenvalue weighted by atomic mass is 32.2. The summed E-state index contributed by atoms with van der Waals surface area (Å²) in [5, 5.41) is 3.38. The Kier molecular flexibility index (Phi) is 8.34. The van der Waals surface area contributed by atoms with E-state index in [2.05, 4.69) is 31.2 Å². The lowest BCUT2D eigenvalue weighted by molar-refractivity contribution is 0.195. The first kappa shape index (κ1) is 14.0. The number of thioether (sulfide) groups is 1. The van der Waals surface area contributed by atoms with Crippen LogP contribution in [0.3, 0.4) is 0 Å². The summed E-state index contributed by atoms with van der Waals surface area (Å²) in [5.41, 5.74) is 0.219. The van der Waals surface area contributed by atoms with Crippen LogP contribution in [-0.2, 0) is 4.74 Å². The SMILES string of the molecule is C=CC(C)(CCSC)CNCCOC. The lowest BCUT2D eigenvalue weighted by Gasteiger charge is -2.25. The van der Waals surface area contributed by atoms with Crippen LogP contribution >= 0.6 is 11.8 Å². The van der Waals surface area contributed by atoms with Crippen LogP contribution in [0.2, 0.25) is 0 Å². The molecule has 0 spiro atoms. The van der Waals surface area contributed by atoms with Gasteiger partial charge < -0.3 is 10.1 Å². The van der Waals surface area contributed by atoms with Gasteiger partial charge in [0.2, 0.25) is 0 Å². The van der Waals surface area contributed by atoms with Crippen LogP contribution in [0.1, 0.15) is 13.3 Å². The van der Waals surface area contributed by atoms with Crippen molar-refractivity contribution < 1.29 is 4.74 Å². The Bertz CT molecular complexity index is 152. The molecule has 0 saturated carbocycles. The number of nitrogens with one attached hydrogen (secondary N) is 1. The minimum absolute atomic E-state index is 0.219. The zero-order valence-corrected chi connectivity index (χ0v) is 10.5. The summed E-state index contributed by atoms with van der Waals surface area (Å²) in [7, 11) is 1.72. The predicted octanol–water partition coefficient (Wildman–Crippen LogP) is 2.17. The topological polar surface area (TPSA) is 21.3 Å². The third-order valence-electron chi connectivity index (χ3n) is 2.38. The van der Waals surface area contributed by atoms with Gasteiger partial charge in [0, 0.05) is 20.2 Å². The third kappa shape index (κ3) is 6.46. The Morgan fingerprint density at radius 3 is 2.79 bits per heavy atom. The van der Waals surface area contributed by atoms with E-state index in [4.69, 9.17) is 4.74 Å². The lowest BCUT2D eigenvalue weighted by Crippen LogP contribution is -2.32. The number of hydrogen-bond donors (Lipinski definition) is 1. The molecule has 0 aliphatic rings.